The number of likely N-dealkylation sites (tertiary alicyclic amines) is 1. The minimum atomic E-state index is -1.16. The lowest BCUT2D eigenvalue weighted by Gasteiger charge is -2.32. The largest absolute Gasteiger partial charge is 0.465 e. The first kappa shape index (κ1) is 19.4. The molecule has 3 heterocycles. The number of carbonyl (C=O) groups excluding carboxylic acids is 3. The Morgan fingerprint density at radius 2 is 2.15 bits per heavy atom. The number of thiophene rings is 1. The molecule has 0 spiro atoms. The monoisotopic (exact) mass is 396 g/mol. The third-order valence-electron chi connectivity index (χ3n) is 5.25. The topological polar surface area (TPSA) is 75.7 Å². The molecule has 0 aromatic carbocycles. The van der Waals surface area contributed by atoms with E-state index in [-0.39, 0.29) is 24.5 Å². The van der Waals surface area contributed by atoms with Gasteiger partial charge in [-0.3, -0.25) is 24.6 Å². The summed E-state index contributed by atoms with van der Waals surface area (Å²) in [5, 5.41) is 5.33. The van der Waals surface area contributed by atoms with E-state index in [2.05, 4.69) is 5.32 Å². The Balaban J connectivity index is 2.10. The van der Waals surface area contributed by atoms with E-state index < -0.39 is 23.3 Å². The van der Waals surface area contributed by atoms with Crippen molar-refractivity contribution in [3.8, 4) is 0 Å². The molecular formula is C18H24N2O4S2. The van der Waals surface area contributed by atoms with Gasteiger partial charge in [0.15, 0.2) is 0 Å². The summed E-state index contributed by atoms with van der Waals surface area (Å²) in [4.78, 5) is 41.3. The zero-order valence-electron chi connectivity index (χ0n) is 15.2. The number of amides is 2. The quantitative estimate of drug-likeness (QED) is 0.562. The van der Waals surface area contributed by atoms with Crippen LogP contribution in [-0.4, -0.2) is 53.4 Å². The number of nitrogens with zero attached hydrogens (tertiary/aromatic N) is 1. The van der Waals surface area contributed by atoms with Gasteiger partial charge in [0.25, 0.3) is 0 Å². The summed E-state index contributed by atoms with van der Waals surface area (Å²) >= 11 is 3.14. The highest BCUT2D eigenvalue weighted by Gasteiger charge is 2.68. The smallest absolute Gasteiger partial charge is 0.327 e. The van der Waals surface area contributed by atoms with Gasteiger partial charge in [0.05, 0.1) is 24.5 Å². The van der Waals surface area contributed by atoms with Crippen LogP contribution in [0.3, 0.4) is 0 Å². The molecule has 3 rings (SSSR count). The standard InChI is InChI=1S/C18H24N2O4S2/c1-4-20-15(21)12-13(16(20)22)18(8-10-25-3,17(23)24-5-2)19-14(12)11-7-6-9-26-11/h6-7,9,12-14,19H,4-5,8,10H2,1-3H3/t12-,13-,14-,18+/m0/s1. The van der Waals surface area contributed by atoms with E-state index in [0.717, 1.165) is 4.88 Å². The second-order valence-corrected chi connectivity index (χ2v) is 8.46. The number of ether oxygens (including phenoxy) is 1. The molecule has 0 radical (unpaired) electrons. The number of rotatable bonds is 7. The summed E-state index contributed by atoms with van der Waals surface area (Å²) in [6, 6.07) is 3.52. The molecule has 1 N–H and O–H groups in total. The van der Waals surface area contributed by atoms with Crippen LogP contribution < -0.4 is 5.32 Å². The van der Waals surface area contributed by atoms with Crippen LogP contribution >= 0.6 is 23.1 Å². The maximum atomic E-state index is 13.1. The summed E-state index contributed by atoms with van der Waals surface area (Å²) in [5.74, 6) is -1.46. The van der Waals surface area contributed by atoms with Crippen LogP contribution in [0.15, 0.2) is 17.5 Å². The number of carbonyl (C=O) groups is 3. The van der Waals surface area contributed by atoms with E-state index in [1.807, 2.05) is 23.8 Å². The fourth-order valence-corrected chi connectivity index (χ4v) is 5.48. The summed E-state index contributed by atoms with van der Waals surface area (Å²) < 4.78 is 5.36. The van der Waals surface area contributed by atoms with Gasteiger partial charge in [0.1, 0.15) is 5.54 Å². The van der Waals surface area contributed by atoms with Gasteiger partial charge in [-0.2, -0.15) is 11.8 Å². The fraction of sp³-hybridized carbons (Fsp3) is 0.611. The van der Waals surface area contributed by atoms with Crippen molar-refractivity contribution in [3.05, 3.63) is 22.4 Å². The molecule has 2 saturated heterocycles. The van der Waals surface area contributed by atoms with Crippen LogP contribution in [0.5, 0.6) is 0 Å². The zero-order valence-corrected chi connectivity index (χ0v) is 16.8. The zero-order chi connectivity index (χ0) is 18.9. The Kier molecular flexibility index (Phi) is 5.74. The van der Waals surface area contributed by atoms with Gasteiger partial charge in [-0.1, -0.05) is 6.07 Å². The molecule has 142 valence electrons. The molecule has 2 aliphatic heterocycles. The van der Waals surface area contributed by atoms with Gasteiger partial charge < -0.3 is 4.74 Å². The normalized spacial score (nSPS) is 30.7. The number of hydrogen-bond acceptors (Lipinski definition) is 7. The Labute approximate surface area is 161 Å². The van der Waals surface area contributed by atoms with Crippen molar-refractivity contribution in [2.75, 3.05) is 25.2 Å². The van der Waals surface area contributed by atoms with Crippen LogP contribution in [0.2, 0.25) is 0 Å². The maximum absolute atomic E-state index is 13.1. The van der Waals surface area contributed by atoms with E-state index in [1.165, 1.54) is 16.2 Å². The molecule has 4 atom stereocenters. The highest BCUT2D eigenvalue weighted by molar-refractivity contribution is 7.98. The number of nitrogens with one attached hydrogen (secondary N) is 1. The molecular weight excluding hydrogens is 372 g/mol. The lowest BCUT2D eigenvalue weighted by Crippen LogP contribution is -2.56. The third kappa shape index (κ3) is 2.88. The van der Waals surface area contributed by atoms with Crippen LogP contribution in [0, 0.1) is 11.8 Å². The number of hydrogen-bond donors (Lipinski definition) is 1. The fourth-order valence-electron chi connectivity index (χ4n) is 4.13. The average Bonchev–Trinajstić information content (AvgIpc) is 3.31. The van der Waals surface area contributed by atoms with Gasteiger partial charge in [-0.25, -0.2) is 0 Å². The van der Waals surface area contributed by atoms with Crippen molar-refractivity contribution in [2.24, 2.45) is 11.8 Å². The van der Waals surface area contributed by atoms with Crippen molar-refractivity contribution < 1.29 is 19.1 Å². The van der Waals surface area contributed by atoms with Gasteiger partial charge in [0, 0.05) is 11.4 Å². The summed E-state index contributed by atoms with van der Waals surface area (Å²) in [6.45, 7) is 4.10. The first-order valence-corrected chi connectivity index (χ1v) is 11.1. The molecule has 6 nitrogen and oxygen atoms in total. The molecule has 8 heteroatoms. The molecule has 26 heavy (non-hydrogen) atoms. The second kappa shape index (κ2) is 7.70. The maximum Gasteiger partial charge on any atom is 0.327 e. The first-order chi connectivity index (χ1) is 12.5. The first-order valence-electron chi connectivity index (χ1n) is 8.84. The molecule has 1 aromatic heterocycles. The highest BCUT2D eigenvalue weighted by atomic mass is 32.2. The van der Waals surface area contributed by atoms with Gasteiger partial charge >= 0.3 is 5.97 Å². The Bertz CT molecular complexity index is 693. The van der Waals surface area contributed by atoms with Crippen LogP contribution in [0.25, 0.3) is 0 Å². The van der Waals surface area contributed by atoms with Crippen molar-refractivity contribution in [1.29, 1.82) is 0 Å². The average molecular weight is 397 g/mol. The molecule has 2 amide bonds. The SMILES string of the molecule is CCOC(=O)[C@]1(CCSC)N[C@@H](c2cccs2)[C@H]2C(=O)N(CC)C(=O)[C@H]21. The van der Waals surface area contributed by atoms with Crippen molar-refractivity contribution >= 4 is 40.9 Å². The Hall–Kier alpha value is -1.38. The van der Waals surface area contributed by atoms with E-state index in [9.17, 15) is 14.4 Å². The lowest BCUT2D eigenvalue weighted by molar-refractivity contribution is -0.156. The van der Waals surface area contributed by atoms with E-state index in [4.69, 9.17) is 4.74 Å². The minimum Gasteiger partial charge on any atom is -0.465 e. The molecule has 2 aliphatic rings. The highest BCUT2D eigenvalue weighted by Crippen LogP contribution is 2.51. The predicted molar refractivity (Wildman–Crippen MR) is 102 cm³/mol. The molecule has 2 fully saturated rings. The molecule has 0 saturated carbocycles. The summed E-state index contributed by atoms with van der Waals surface area (Å²) in [6.07, 6.45) is 2.41. The molecule has 0 unspecified atom stereocenters. The van der Waals surface area contributed by atoms with Gasteiger partial charge in [0.2, 0.25) is 11.8 Å². The Morgan fingerprint density at radius 1 is 1.38 bits per heavy atom. The Morgan fingerprint density at radius 3 is 2.73 bits per heavy atom. The van der Waals surface area contributed by atoms with Crippen LogP contribution in [0.4, 0.5) is 0 Å². The van der Waals surface area contributed by atoms with Crippen molar-refractivity contribution in [1.82, 2.24) is 10.2 Å². The summed E-state index contributed by atoms with van der Waals surface area (Å²) in [7, 11) is 0. The van der Waals surface area contributed by atoms with Crippen LogP contribution in [-0.2, 0) is 19.1 Å². The number of thioether (sulfide) groups is 1. The van der Waals surface area contributed by atoms with Gasteiger partial charge in [-0.15, -0.1) is 11.3 Å². The number of imide groups is 1. The van der Waals surface area contributed by atoms with Crippen molar-refractivity contribution in [2.45, 2.75) is 31.8 Å². The second-order valence-electron chi connectivity index (χ2n) is 6.50. The third-order valence-corrected chi connectivity index (χ3v) is 6.82. The number of fused-ring (bicyclic) bond motifs is 1. The van der Waals surface area contributed by atoms with E-state index in [0.29, 0.717) is 18.7 Å². The van der Waals surface area contributed by atoms with Gasteiger partial charge in [-0.05, 0) is 43.7 Å². The molecule has 1 aromatic rings. The predicted octanol–water partition coefficient (Wildman–Crippen LogP) is 2.07. The molecule has 0 bridgehead atoms. The lowest BCUT2D eigenvalue weighted by atomic mass is 9.78. The van der Waals surface area contributed by atoms with E-state index >= 15 is 0 Å². The summed E-state index contributed by atoms with van der Waals surface area (Å²) in [5.41, 5.74) is -1.16. The van der Waals surface area contributed by atoms with E-state index in [1.54, 1.807) is 25.6 Å². The van der Waals surface area contributed by atoms with Crippen LogP contribution in [0.1, 0.15) is 31.2 Å². The molecule has 0 aliphatic carbocycles. The minimum absolute atomic E-state index is 0.191. The number of esters is 1. The van der Waals surface area contributed by atoms with Crippen molar-refractivity contribution in [3.63, 3.8) is 0 Å².